The van der Waals surface area contributed by atoms with E-state index < -0.39 is 0 Å². The quantitative estimate of drug-likeness (QED) is 0.204. The number of fused-ring (bicyclic) bond motifs is 4. The van der Waals surface area contributed by atoms with E-state index in [0.29, 0.717) is 22.1 Å². The van der Waals surface area contributed by atoms with Crippen molar-refractivity contribution < 1.29 is 4.42 Å². The maximum Gasteiger partial charge on any atom is 0.213 e. The number of benzene rings is 5. The first kappa shape index (κ1) is 23.8. The van der Waals surface area contributed by atoms with Crippen LogP contribution in [0.3, 0.4) is 0 Å². The van der Waals surface area contributed by atoms with Crippen LogP contribution < -0.4 is 0 Å². The fourth-order valence-corrected chi connectivity index (χ4v) is 5.79. The second kappa shape index (κ2) is 9.54. The highest BCUT2D eigenvalue weighted by Gasteiger charge is 2.18. The van der Waals surface area contributed by atoms with Crippen molar-refractivity contribution in [2.45, 2.75) is 0 Å². The van der Waals surface area contributed by atoms with E-state index in [0.717, 1.165) is 44.4 Å². The van der Waals surface area contributed by atoms with Crippen LogP contribution in [-0.4, -0.2) is 19.5 Å². The molecule has 0 amide bonds. The number of furan rings is 1. The van der Waals surface area contributed by atoms with Crippen LogP contribution in [0.25, 0.3) is 72.6 Å². The third-order valence-corrected chi connectivity index (χ3v) is 7.75. The minimum atomic E-state index is 0.624. The number of halogens is 1. The van der Waals surface area contributed by atoms with Gasteiger partial charge in [-0.1, -0.05) is 84.9 Å². The molecule has 0 saturated heterocycles. The third-order valence-electron chi connectivity index (χ3n) is 7.36. The van der Waals surface area contributed by atoms with Gasteiger partial charge in [0.25, 0.3) is 0 Å². The number of aromatic nitrogens is 4. The summed E-state index contributed by atoms with van der Waals surface area (Å²) in [5.41, 5.74) is 5.68. The molecule has 0 spiro atoms. The van der Waals surface area contributed by atoms with Gasteiger partial charge in [0, 0.05) is 39.2 Å². The molecule has 5 aromatic carbocycles. The van der Waals surface area contributed by atoms with Crippen molar-refractivity contribution in [1.29, 1.82) is 0 Å². The summed E-state index contributed by atoms with van der Waals surface area (Å²) in [6, 6.07) is 43.3. The Morgan fingerprint density at radius 1 is 0.512 bits per heavy atom. The standard InChI is InChI=1S/C35H21BrN4O/c36-31-21-29-28-19-25-13-7-8-14-26(25)20-30(28)40(35(29)41-31)27-17-15-24(16-18-27)34-38-32(22-9-3-1-4-10-22)37-33(39-34)23-11-5-2-6-12-23/h1-21H. The Morgan fingerprint density at radius 3 is 1.61 bits per heavy atom. The summed E-state index contributed by atoms with van der Waals surface area (Å²) >= 11 is 3.54. The van der Waals surface area contributed by atoms with Crippen LogP contribution in [0.2, 0.25) is 0 Å². The van der Waals surface area contributed by atoms with E-state index in [1.165, 1.54) is 10.8 Å². The van der Waals surface area contributed by atoms with Gasteiger partial charge in [-0.2, -0.15) is 0 Å². The highest BCUT2D eigenvalue weighted by atomic mass is 79.9. The van der Waals surface area contributed by atoms with E-state index in [1.54, 1.807) is 0 Å². The molecule has 5 nitrogen and oxygen atoms in total. The lowest BCUT2D eigenvalue weighted by Crippen LogP contribution is -2.00. The van der Waals surface area contributed by atoms with Crippen molar-refractivity contribution in [2.24, 2.45) is 0 Å². The van der Waals surface area contributed by atoms with Gasteiger partial charge >= 0.3 is 0 Å². The SMILES string of the molecule is Brc1cc2c3cc4ccccc4cc3n(-c3ccc(-c4nc(-c5ccccc5)nc(-c5ccccc5)n4)cc3)c2o1. The van der Waals surface area contributed by atoms with E-state index >= 15 is 0 Å². The topological polar surface area (TPSA) is 56.7 Å². The molecule has 0 saturated carbocycles. The van der Waals surface area contributed by atoms with Gasteiger partial charge in [0.1, 0.15) is 0 Å². The molecule has 3 heterocycles. The van der Waals surface area contributed by atoms with Crippen LogP contribution in [0.15, 0.2) is 136 Å². The van der Waals surface area contributed by atoms with Gasteiger partial charge in [-0.05, 0) is 63.1 Å². The Labute approximate surface area is 243 Å². The minimum Gasteiger partial charge on any atom is -0.432 e. The Balaban J connectivity index is 1.28. The zero-order valence-electron chi connectivity index (χ0n) is 21.7. The van der Waals surface area contributed by atoms with Crippen LogP contribution in [-0.2, 0) is 0 Å². The maximum absolute atomic E-state index is 6.16. The number of nitrogens with zero attached hydrogens (tertiary/aromatic N) is 4. The summed E-state index contributed by atoms with van der Waals surface area (Å²) in [7, 11) is 0. The van der Waals surface area contributed by atoms with Crippen molar-refractivity contribution in [3.8, 4) is 39.9 Å². The first-order valence-electron chi connectivity index (χ1n) is 13.3. The zero-order chi connectivity index (χ0) is 27.3. The molecule has 8 aromatic rings. The second-order valence-corrected chi connectivity index (χ2v) is 10.7. The molecule has 3 aromatic heterocycles. The molecule has 0 aliphatic rings. The molecular weight excluding hydrogens is 572 g/mol. The Bertz CT molecular complexity index is 2140. The lowest BCUT2D eigenvalue weighted by molar-refractivity contribution is 0.569. The summed E-state index contributed by atoms with van der Waals surface area (Å²) in [4.78, 5) is 14.6. The van der Waals surface area contributed by atoms with E-state index in [9.17, 15) is 0 Å². The van der Waals surface area contributed by atoms with Crippen molar-refractivity contribution >= 4 is 48.7 Å². The minimum absolute atomic E-state index is 0.624. The monoisotopic (exact) mass is 592 g/mol. The van der Waals surface area contributed by atoms with Crippen molar-refractivity contribution in [3.63, 3.8) is 0 Å². The predicted molar refractivity (Wildman–Crippen MR) is 168 cm³/mol. The largest absolute Gasteiger partial charge is 0.432 e. The fourth-order valence-electron chi connectivity index (χ4n) is 5.40. The van der Waals surface area contributed by atoms with Gasteiger partial charge in [-0.25, -0.2) is 15.0 Å². The first-order chi connectivity index (χ1) is 20.2. The summed E-state index contributed by atoms with van der Waals surface area (Å²) in [6.45, 7) is 0. The van der Waals surface area contributed by atoms with Gasteiger partial charge < -0.3 is 4.42 Å². The van der Waals surface area contributed by atoms with E-state index in [4.69, 9.17) is 19.4 Å². The maximum atomic E-state index is 6.16. The lowest BCUT2D eigenvalue weighted by atomic mass is 10.1. The van der Waals surface area contributed by atoms with Crippen LogP contribution in [0, 0.1) is 0 Å². The van der Waals surface area contributed by atoms with Gasteiger partial charge in [-0.3, -0.25) is 4.57 Å². The highest BCUT2D eigenvalue weighted by molar-refractivity contribution is 9.10. The van der Waals surface area contributed by atoms with Crippen LogP contribution in [0.1, 0.15) is 0 Å². The van der Waals surface area contributed by atoms with E-state index in [1.807, 2.05) is 66.7 Å². The average Bonchev–Trinajstić information content (AvgIpc) is 3.55. The Hall–Kier alpha value is -5.07. The average molecular weight is 593 g/mol. The summed E-state index contributed by atoms with van der Waals surface area (Å²) < 4.78 is 9.03. The van der Waals surface area contributed by atoms with Crippen LogP contribution >= 0.6 is 15.9 Å². The van der Waals surface area contributed by atoms with Crippen molar-refractivity contribution in [3.05, 3.63) is 132 Å². The molecular formula is C35H21BrN4O. The van der Waals surface area contributed by atoms with Crippen LogP contribution in [0.4, 0.5) is 0 Å². The molecule has 0 aliphatic carbocycles. The molecule has 0 unspecified atom stereocenters. The molecule has 0 aliphatic heterocycles. The fraction of sp³-hybridized carbons (Fsp3) is 0. The normalized spacial score (nSPS) is 11.5. The van der Waals surface area contributed by atoms with E-state index in [2.05, 4.69) is 81.2 Å². The van der Waals surface area contributed by atoms with Gasteiger partial charge in [-0.15, -0.1) is 0 Å². The zero-order valence-corrected chi connectivity index (χ0v) is 23.3. The predicted octanol–water partition coefficient (Wildman–Crippen LogP) is 9.48. The van der Waals surface area contributed by atoms with E-state index in [-0.39, 0.29) is 0 Å². The molecule has 8 rings (SSSR count). The molecule has 0 N–H and O–H groups in total. The third kappa shape index (κ3) is 4.12. The summed E-state index contributed by atoms with van der Waals surface area (Å²) in [5, 5.41) is 4.60. The number of hydrogen-bond acceptors (Lipinski definition) is 4. The lowest BCUT2D eigenvalue weighted by Gasteiger charge is -2.10. The van der Waals surface area contributed by atoms with Gasteiger partial charge in [0.15, 0.2) is 22.1 Å². The second-order valence-electron chi connectivity index (χ2n) is 9.91. The molecule has 0 radical (unpaired) electrons. The molecule has 6 heteroatoms. The highest BCUT2D eigenvalue weighted by Crippen LogP contribution is 2.38. The first-order valence-corrected chi connectivity index (χ1v) is 14.1. The Morgan fingerprint density at radius 2 is 1.02 bits per heavy atom. The molecule has 0 atom stereocenters. The van der Waals surface area contributed by atoms with Gasteiger partial charge in [0.2, 0.25) is 5.71 Å². The van der Waals surface area contributed by atoms with Crippen molar-refractivity contribution in [1.82, 2.24) is 19.5 Å². The summed E-state index contributed by atoms with van der Waals surface area (Å²) in [5.74, 6) is 1.91. The smallest absolute Gasteiger partial charge is 0.213 e. The molecule has 41 heavy (non-hydrogen) atoms. The number of hydrogen-bond donors (Lipinski definition) is 0. The van der Waals surface area contributed by atoms with Crippen LogP contribution in [0.5, 0.6) is 0 Å². The molecule has 0 fully saturated rings. The number of rotatable bonds is 4. The van der Waals surface area contributed by atoms with Crippen molar-refractivity contribution in [2.75, 3.05) is 0 Å². The molecule has 194 valence electrons. The Kier molecular flexibility index (Phi) is 5.53. The molecule has 0 bridgehead atoms. The van der Waals surface area contributed by atoms with Gasteiger partial charge in [0.05, 0.1) is 5.52 Å². The summed E-state index contributed by atoms with van der Waals surface area (Å²) in [6.07, 6.45) is 0.